The van der Waals surface area contributed by atoms with Crippen LogP contribution in [0.4, 0.5) is 10.1 Å². The molecule has 0 spiro atoms. The van der Waals surface area contributed by atoms with Gasteiger partial charge in [-0.1, -0.05) is 0 Å². The van der Waals surface area contributed by atoms with Gasteiger partial charge in [0.15, 0.2) is 5.88 Å². The Morgan fingerprint density at radius 1 is 0.957 bits per heavy atom. The summed E-state index contributed by atoms with van der Waals surface area (Å²) < 4.78 is 13.6. The van der Waals surface area contributed by atoms with Gasteiger partial charge in [-0.15, -0.1) is 4.91 Å². The molecule has 7 heteroatoms. The Hall–Kier alpha value is -3.35. The van der Waals surface area contributed by atoms with Crippen molar-refractivity contribution in [3.8, 4) is 22.9 Å². The standard InChI is InChI=1S/C16H10FN3O3/c17-7-1-3-11-9(5-7)13(16(22)19-11)15-14(20-23)10-6-8(21)2-4-12(10)18-15/h1-6,18-19,21-22H. The number of aromatic nitrogens is 2. The first-order chi connectivity index (χ1) is 11.1. The molecule has 0 atom stereocenters. The van der Waals surface area contributed by atoms with E-state index in [1.165, 1.54) is 30.3 Å². The molecule has 0 aliphatic heterocycles. The number of nitrogens with zero attached hydrogens (tertiary/aromatic N) is 1. The molecule has 0 bridgehead atoms. The maximum atomic E-state index is 13.6. The lowest BCUT2D eigenvalue weighted by Crippen LogP contribution is -1.78. The van der Waals surface area contributed by atoms with Crippen LogP contribution in [0.2, 0.25) is 0 Å². The third-order valence-electron chi connectivity index (χ3n) is 3.84. The Morgan fingerprint density at radius 2 is 1.70 bits per heavy atom. The molecule has 2 heterocycles. The zero-order valence-corrected chi connectivity index (χ0v) is 11.6. The summed E-state index contributed by atoms with van der Waals surface area (Å²) in [6.45, 7) is 0. The molecular formula is C16H10FN3O3. The van der Waals surface area contributed by atoms with Crippen molar-refractivity contribution in [3.63, 3.8) is 0 Å². The largest absolute Gasteiger partial charge is 0.508 e. The van der Waals surface area contributed by atoms with Crippen LogP contribution in [0.25, 0.3) is 33.1 Å². The smallest absolute Gasteiger partial charge is 0.199 e. The molecule has 114 valence electrons. The molecule has 2 aromatic carbocycles. The van der Waals surface area contributed by atoms with E-state index in [4.69, 9.17) is 0 Å². The van der Waals surface area contributed by atoms with E-state index < -0.39 is 5.82 Å². The summed E-state index contributed by atoms with van der Waals surface area (Å²) >= 11 is 0. The number of phenolic OH excluding ortho intramolecular Hbond substituents is 1. The van der Waals surface area contributed by atoms with Crippen molar-refractivity contribution >= 4 is 27.5 Å². The second-order valence-electron chi connectivity index (χ2n) is 5.21. The monoisotopic (exact) mass is 311 g/mol. The molecule has 0 amide bonds. The van der Waals surface area contributed by atoms with E-state index in [2.05, 4.69) is 15.1 Å². The number of nitrogens with one attached hydrogen (secondary N) is 2. The number of H-pyrrole nitrogens is 2. The van der Waals surface area contributed by atoms with Crippen LogP contribution in [0, 0.1) is 10.7 Å². The Morgan fingerprint density at radius 3 is 2.48 bits per heavy atom. The first-order valence-corrected chi connectivity index (χ1v) is 6.77. The number of aromatic hydroxyl groups is 2. The van der Waals surface area contributed by atoms with Crippen molar-refractivity contribution in [1.82, 2.24) is 9.97 Å². The van der Waals surface area contributed by atoms with Gasteiger partial charge in [0.2, 0.25) is 0 Å². The normalized spacial score (nSPS) is 11.3. The molecule has 4 rings (SSSR count). The van der Waals surface area contributed by atoms with Crippen LogP contribution in [0.15, 0.2) is 41.6 Å². The first-order valence-electron chi connectivity index (χ1n) is 6.77. The molecule has 0 aliphatic rings. The maximum Gasteiger partial charge on any atom is 0.199 e. The van der Waals surface area contributed by atoms with Gasteiger partial charge in [-0.05, 0) is 41.6 Å². The number of benzene rings is 2. The van der Waals surface area contributed by atoms with Crippen LogP contribution < -0.4 is 0 Å². The van der Waals surface area contributed by atoms with E-state index in [1.807, 2.05) is 0 Å². The van der Waals surface area contributed by atoms with Gasteiger partial charge < -0.3 is 20.2 Å². The van der Waals surface area contributed by atoms with Crippen molar-refractivity contribution in [1.29, 1.82) is 0 Å². The lowest BCUT2D eigenvalue weighted by atomic mass is 10.1. The predicted octanol–water partition coefficient (Wildman–Crippen LogP) is 4.26. The number of fused-ring (bicyclic) bond motifs is 2. The summed E-state index contributed by atoms with van der Waals surface area (Å²) in [7, 11) is 0. The van der Waals surface area contributed by atoms with Gasteiger partial charge in [0, 0.05) is 21.8 Å². The third-order valence-corrected chi connectivity index (χ3v) is 3.84. The maximum absolute atomic E-state index is 13.6. The summed E-state index contributed by atoms with van der Waals surface area (Å²) in [5.74, 6) is -0.680. The van der Waals surface area contributed by atoms with Crippen molar-refractivity contribution in [3.05, 3.63) is 47.1 Å². The molecule has 0 saturated carbocycles. The Balaban J connectivity index is 2.12. The zero-order valence-electron chi connectivity index (χ0n) is 11.6. The van der Waals surface area contributed by atoms with Crippen molar-refractivity contribution < 1.29 is 14.6 Å². The van der Waals surface area contributed by atoms with E-state index in [0.29, 0.717) is 21.8 Å². The van der Waals surface area contributed by atoms with Gasteiger partial charge in [0.25, 0.3) is 0 Å². The molecule has 0 radical (unpaired) electrons. The Bertz CT molecular complexity index is 1080. The predicted molar refractivity (Wildman–Crippen MR) is 84.3 cm³/mol. The highest BCUT2D eigenvalue weighted by atomic mass is 19.1. The number of hydrogen-bond donors (Lipinski definition) is 4. The van der Waals surface area contributed by atoms with Crippen LogP contribution in [0.1, 0.15) is 0 Å². The average molecular weight is 311 g/mol. The molecule has 4 aromatic rings. The first kappa shape index (κ1) is 13.3. The number of rotatable bonds is 2. The average Bonchev–Trinajstić information content (AvgIpc) is 3.02. The minimum Gasteiger partial charge on any atom is -0.508 e. The van der Waals surface area contributed by atoms with Gasteiger partial charge in [0.1, 0.15) is 17.3 Å². The SMILES string of the molecule is O=Nc1c(-c2c(O)[nH]c3ccc(F)cc23)[nH]c2ccc(O)cc12. The molecule has 0 aliphatic carbocycles. The van der Waals surface area contributed by atoms with E-state index in [1.54, 1.807) is 6.07 Å². The van der Waals surface area contributed by atoms with Crippen molar-refractivity contribution in [2.24, 2.45) is 5.18 Å². The molecule has 4 N–H and O–H groups in total. The number of halogens is 1. The summed E-state index contributed by atoms with van der Waals surface area (Å²) in [5.41, 5.74) is 1.64. The highest BCUT2D eigenvalue weighted by molar-refractivity contribution is 6.07. The van der Waals surface area contributed by atoms with Gasteiger partial charge in [-0.3, -0.25) is 0 Å². The lowest BCUT2D eigenvalue weighted by Gasteiger charge is -1.99. The molecule has 0 unspecified atom stereocenters. The zero-order chi connectivity index (χ0) is 16.1. The summed E-state index contributed by atoms with van der Waals surface area (Å²) in [6.07, 6.45) is 0. The van der Waals surface area contributed by atoms with E-state index >= 15 is 0 Å². The molecular weight excluding hydrogens is 301 g/mol. The molecule has 6 nitrogen and oxygen atoms in total. The van der Waals surface area contributed by atoms with E-state index in [0.717, 1.165) is 0 Å². The second-order valence-corrected chi connectivity index (χ2v) is 5.21. The topological polar surface area (TPSA) is 101 Å². The minimum atomic E-state index is -0.466. The van der Waals surface area contributed by atoms with Gasteiger partial charge in [-0.2, -0.15) is 0 Å². The molecule has 0 fully saturated rings. The second kappa shape index (κ2) is 4.57. The van der Waals surface area contributed by atoms with Crippen LogP contribution in [-0.4, -0.2) is 20.2 Å². The lowest BCUT2D eigenvalue weighted by molar-refractivity contribution is 0.460. The van der Waals surface area contributed by atoms with Crippen LogP contribution in [0.3, 0.4) is 0 Å². The van der Waals surface area contributed by atoms with E-state index in [-0.39, 0.29) is 28.6 Å². The minimum absolute atomic E-state index is 0.0119. The van der Waals surface area contributed by atoms with Crippen molar-refractivity contribution in [2.45, 2.75) is 0 Å². The van der Waals surface area contributed by atoms with Crippen molar-refractivity contribution in [2.75, 3.05) is 0 Å². The number of hydrogen-bond acceptors (Lipinski definition) is 4. The van der Waals surface area contributed by atoms with Crippen LogP contribution in [0.5, 0.6) is 11.6 Å². The highest BCUT2D eigenvalue weighted by Crippen LogP contribution is 2.44. The Kier molecular flexibility index (Phi) is 2.65. The number of nitroso groups, excluding NO2 is 1. The van der Waals surface area contributed by atoms with Crippen LogP contribution >= 0.6 is 0 Å². The molecule has 23 heavy (non-hydrogen) atoms. The van der Waals surface area contributed by atoms with Crippen LogP contribution in [-0.2, 0) is 0 Å². The summed E-state index contributed by atoms with van der Waals surface area (Å²) in [6, 6.07) is 8.48. The summed E-state index contributed by atoms with van der Waals surface area (Å²) in [4.78, 5) is 17.0. The van der Waals surface area contributed by atoms with Gasteiger partial charge in [0.05, 0.1) is 11.3 Å². The fourth-order valence-electron chi connectivity index (χ4n) is 2.84. The highest BCUT2D eigenvalue weighted by Gasteiger charge is 2.21. The number of aromatic amines is 2. The fourth-order valence-corrected chi connectivity index (χ4v) is 2.84. The van der Waals surface area contributed by atoms with E-state index in [9.17, 15) is 19.5 Å². The Labute approximate surface area is 128 Å². The molecule has 0 saturated heterocycles. The third kappa shape index (κ3) is 1.87. The van der Waals surface area contributed by atoms with Gasteiger partial charge >= 0.3 is 0 Å². The summed E-state index contributed by atoms with van der Waals surface area (Å²) in [5, 5.41) is 23.6. The molecule has 2 aromatic heterocycles. The quantitative estimate of drug-likeness (QED) is 0.416. The number of phenols is 1. The van der Waals surface area contributed by atoms with Gasteiger partial charge in [-0.25, -0.2) is 4.39 Å². The fraction of sp³-hybridized carbons (Fsp3) is 0.